The van der Waals surface area contributed by atoms with Gasteiger partial charge in [0.25, 0.3) is 0 Å². The minimum Gasteiger partial charge on any atom is -0.479 e. The van der Waals surface area contributed by atoms with Crippen molar-refractivity contribution < 1.29 is 64.2 Å². The highest BCUT2D eigenvalue weighted by atomic mass is 16.7. The summed E-state index contributed by atoms with van der Waals surface area (Å²) in [4.78, 5) is 14.1. The molecule has 3 saturated heterocycles. The maximum Gasteiger partial charge on any atom is 0.332 e. The van der Waals surface area contributed by atoms with Crippen LogP contribution in [0, 0.1) is 11.8 Å². The second kappa shape index (κ2) is 14.8. The van der Waals surface area contributed by atoms with Gasteiger partial charge in [0.15, 0.2) is 18.7 Å². The predicted molar refractivity (Wildman–Crippen MR) is 144 cm³/mol. The van der Waals surface area contributed by atoms with Gasteiger partial charge < -0.3 is 64.3 Å². The third-order valence-corrected chi connectivity index (χ3v) is 9.12. The number of likely N-dealkylation sites (tertiary alicyclic amines) is 1. The lowest BCUT2D eigenvalue weighted by Gasteiger charge is -2.48. The third-order valence-electron chi connectivity index (χ3n) is 9.12. The number of carboxylic acids is 1. The zero-order valence-electron chi connectivity index (χ0n) is 24.6. The van der Waals surface area contributed by atoms with Gasteiger partial charge in [-0.25, -0.2) is 4.79 Å². The SMILES string of the molecule is CC1CN(C)CC(OC2OC(CO)C(O)C(OC(CC3CCCCC3)C(=O)O)C2O)C1OC1OC(C)C(O)C(O)C1O. The van der Waals surface area contributed by atoms with Crippen molar-refractivity contribution in [2.45, 2.75) is 132 Å². The van der Waals surface area contributed by atoms with E-state index in [0.717, 1.165) is 32.1 Å². The van der Waals surface area contributed by atoms with Crippen LogP contribution in [0.25, 0.3) is 0 Å². The number of ether oxygens (including phenoxy) is 5. The van der Waals surface area contributed by atoms with Gasteiger partial charge in [0.05, 0.1) is 24.9 Å². The Balaban J connectivity index is 1.49. The molecule has 1 aliphatic carbocycles. The van der Waals surface area contributed by atoms with Crippen LogP contribution < -0.4 is 0 Å². The molecule has 14 nitrogen and oxygen atoms in total. The maximum absolute atomic E-state index is 12.1. The first-order valence-corrected chi connectivity index (χ1v) is 15.1. The molecule has 0 amide bonds. The van der Waals surface area contributed by atoms with E-state index < -0.39 is 92.3 Å². The second-order valence-corrected chi connectivity index (χ2v) is 12.5. The molecule has 14 unspecified atom stereocenters. The van der Waals surface area contributed by atoms with E-state index in [4.69, 9.17) is 23.7 Å². The molecular formula is C28H49NO13. The van der Waals surface area contributed by atoms with Crippen LogP contribution in [0.15, 0.2) is 0 Å². The van der Waals surface area contributed by atoms with Gasteiger partial charge in [-0.2, -0.15) is 0 Å². The van der Waals surface area contributed by atoms with Gasteiger partial charge in [-0.3, -0.25) is 0 Å². The third kappa shape index (κ3) is 7.79. The number of carboxylic acid groups (broad SMARTS) is 1. The number of hydrogen-bond acceptors (Lipinski definition) is 13. The van der Waals surface area contributed by atoms with E-state index in [1.807, 2.05) is 18.9 Å². The first kappa shape index (κ1) is 33.9. The van der Waals surface area contributed by atoms with Crippen LogP contribution >= 0.6 is 0 Å². The Bertz CT molecular complexity index is 862. The fourth-order valence-corrected chi connectivity index (χ4v) is 6.70. The number of aliphatic hydroxyl groups excluding tert-OH is 6. The molecule has 14 heteroatoms. The number of aliphatic hydroxyl groups is 6. The summed E-state index contributed by atoms with van der Waals surface area (Å²) in [6.45, 7) is 3.71. The van der Waals surface area contributed by atoms with Gasteiger partial charge in [0.1, 0.15) is 42.7 Å². The fourth-order valence-electron chi connectivity index (χ4n) is 6.70. The van der Waals surface area contributed by atoms with Crippen molar-refractivity contribution in [3.05, 3.63) is 0 Å². The average Bonchev–Trinajstić information content (AvgIpc) is 2.95. The number of carbonyl (C=O) groups is 1. The normalized spacial score (nSPS) is 45.0. The summed E-state index contributed by atoms with van der Waals surface area (Å²) in [6.07, 6.45) is -11.2. The van der Waals surface area contributed by atoms with E-state index in [0.29, 0.717) is 13.1 Å². The van der Waals surface area contributed by atoms with Crippen LogP contribution in [0.3, 0.4) is 0 Å². The van der Waals surface area contributed by atoms with Gasteiger partial charge >= 0.3 is 5.97 Å². The zero-order valence-corrected chi connectivity index (χ0v) is 24.6. The molecule has 0 spiro atoms. The molecule has 3 heterocycles. The Labute approximate surface area is 246 Å². The highest BCUT2D eigenvalue weighted by Crippen LogP contribution is 2.34. The fraction of sp³-hybridized carbons (Fsp3) is 0.964. The lowest BCUT2D eigenvalue weighted by atomic mass is 9.85. The van der Waals surface area contributed by atoms with Gasteiger partial charge in [0.2, 0.25) is 0 Å². The van der Waals surface area contributed by atoms with E-state index in [1.165, 1.54) is 0 Å². The highest BCUT2D eigenvalue weighted by molar-refractivity contribution is 5.72. The van der Waals surface area contributed by atoms with Crippen LogP contribution in [0.5, 0.6) is 0 Å². The lowest BCUT2D eigenvalue weighted by Crippen LogP contribution is -2.64. The molecule has 42 heavy (non-hydrogen) atoms. The van der Waals surface area contributed by atoms with E-state index in [1.54, 1.807) is 6.92 Å². The Kier molecular flexibility index (Phi) is 12.0. The molecule has 0 bridgehead atoms. The van der Waals surface area contributed by atoms with Crippen molar-refractivity contribution in [2.24, 2.45) is 11.8 Å². The molecule has 3 aliphatic heterocycles. The minimum atomic E-state index is -1.60. The maximum atomic E-state index is 12.1. The first-order chi connectivity index (χ1) is 19.9. The van der Waals surface area contributed by atoms with E-state index in [9.17, 15) is 40.5 Å². The highest BCUT2D eigenvalue weighted by Gasteiger charge is 2.51. The molecule has 0 aromatic heterocycles. The Morgan fingerprint density at radius 2 is 1.52 bits per heavy atom. The molecule has 0 aromatic rings. The van der Waals surface area contributed by atoms with Crippen LogP contribution in [-0.2, 0) is 28.5 Å². The van der Waals surface area contributed by atoms with E-state index in [-0.39, 0.29) is 18.3 Å². The van der Waals surface area contributed by atoms with Crippen LogP contribution in [0.2, 0.25) is 0 Å². The van der Waals surface area contributed by atoms with Gasteiger partial charge in [-0.15, -0.1) is 0 Å². The topological polar surface area (TPSA) is 208 Å². The molecule has 0 aromatic carbocycles. The van der Waals surface area contributed by atoms with Gasteiger partial charge in [0, 0.05) is 13.1 Å². The Hall–Kier alpha value is -1.01. The monoisotopic (exact) mass is 607 g/mol. The summed E-state index contributed by atoms with van der Waals surface area (Å²) in [5.74, 6) is -1.22. The number of rotatable bonds is 10. The first-order valence-electron chi connectivity index (χ1n) is 15.1. The number of hydrogen-bond donors (Lipinski definition) is 7. The van der Waals surface area contributed by atoms with Crippen LogP contribution in [0.4, 0.5) is 0 Å². The predicted octanol–water partition coefficient (Wildman–Crippen LogP) is -1.59. The molecule has 244 valence electrons. The summed E-state index contributed by atoms with van der Waals surface area (Å²) in [5.41, 5.74) is 0. The van der Waals surface area contributed by atoms with Crippen molar-refractivity contribution in [1.82, 2.24) is 4.90 Å². The summed E-state index contributed by atoms with van der Waals surface area (Å²) >= 11 is 0. The number of aliphatic carboxylic acids is 1. The molecule has 1 saturated carbocycles. The molecule has 7 N–H and O–H groups in total. The average molecular weight is 608 g/mol. The molecule has 4 fully saturated rings. The number of piperidine rings is 1. The van der Waals surface area contributed by atoms with E-state index >= 15 is 0 Å². The van der Waals surface area contributed by atoms with Crippen molar-refractivity contribution in [2.75, 3.05) is 26.7 Å². The Morgan fingerprint density at radius 1 is 0.857 bits per heavy atom. The Morgan fingerprint density at radius 3 is 2.17 bits per heavy atom. The standard InChI is InChI=1S/C28H49NO13/c1-13-10-29(3)11-17(24(13)42-27-22(34)21(33)19(31)14(2)38-27)40-28-23(35)25(20(32)18(12-30)41-28)39-16(26(36)37)9-15-7-5-4-6-8-15/h13-25,27-28,30-35H,4-12H2,1-3H3,(H,36,37). The molecular weight excluding hydrogens is 558 g/mol. The summed E-state index contributed by atoms with van der Waals surface area (Å²) in [6, 6.07) is 0. The largest absolute Gasteiger partial charge is 0.479 e. The lowest BCUT2D eigenvalue weighted by molar-refractivity contribution is -0.349. The summed E-state index contributed by atoms with van der Waals surface area (Å²) < 4.78 is 29.6. The van der Waals surface area contributed by atoms with Gasteiger partial charge in [-0.1, -0.05) is 39.0 Å². The second-order valence-electron chi connectivity index (χ2n) is 12.5. The van der Waals surface area contributed by atoms with Crippen molar-refractivity contribution >= 4 is 5.97 Å². The van der Waals surface area contributed by atoms with Gasteiger partial charge in [-0.05, 0) is 32.2 Å². The molecule has 14 atom stereocenters. The van der Waals surface area contributed by atoms with E-state index in [2.05, 4.69) is 0 Å². The summed E-state index contributed by atoms with van der Waals surface area (Å²) in [5, 5.41) is 72.8. The zero-order chi connectivity index (χ0) is 30.7. The van der Waals surface area contributed by atoms with Crippen LogP contribution in [-0.4, -0.2) is 153 Å². The van der Waals surface area contributed by atoms with Crippen molar-refractivity contribution in [3.63, 3.8) is 0 Å². The molecule has 0 radical (unpaired) electrons. The molecule has 4 rings (SSSR count). The van der Waals surface area contributed by atoms with Crippen molar-refractivity contribution in [1.29, 1.82) is 0 Å². The molecule has 4 aliphatic rings. The summed E-state index contributed by atoms with van der Waals surface area (Å²) in [7, 11) is 1.87. The van der Waals surface area contributed by atoms with Crippen LogP contribution in [0.1, 0.15) is 52.4 Å². The number of likely N-dealkylation sites (N-methyl/N-ethyl adjacent to an activating group) is 1. The number of nitrogens with zero attached hydrogens (tertiary/aromatic N) is 1. The van der Waals surface area contributed by atoms with Crippen molar-refractivity contribution in [3.8, 4) is 0 Å². The quantitative estimate of drug-likeness (QED) is 0.150. The minimum absolute atomic E-state index is 0.159. The smallest absolute Gasteiger partial charge is 0.332 e.